The molecule has 0 atom stereocenters. The summed E-state index contributed by atoms with van der Waals surface area (Å²) in [5, 5.41) is 8.56. The second kappa shape index (κ2) is 3.98. The number of hydrogen-bond donors (Lipinski definition) is 0. The van der Waals surface area contributed by atoms with Crippen LogP contribution >= 0.6 is 0 Å². The lowest BCUT2D eigenvalue weighted by Gasteiger charge is -2.11. The number of nitriles is 1. The maximum atomic E-state index is 13.6. The van der Waals surface area contributed by atoms with Gasteiger partial charge in [0.1, 0.15) is 11.6 Å². The molecule has 0 amide bonds. The van der Waals surface area contributed by atoms with Gasteiger partial charge in [-0.2, -0.15) is 5.26 Å². The third kappa shape index (κ3) is 1.85. The van der Waals surface area contributed by atoms with Gasteiger partial charge in [0.2, 0.25) is 0 Å². The normalized spacial score (nSPS) is 16.6. The molecule has 0 bridgehead atoms. The minimum Gasteiger partial charge on any atom is -0.207 e. The molecule has 3 heteroatoms. The Balaban J connectivity index is 2.43. The summed E-state index contributed by atoms with van der Waals surface area (Å²) in [6.45, 7) is 0. The van der Waals surface area contributed by atoms with Crippen molar-refractivity contribution >= 4 is 0 Å². The van der Waals surface area contributed by atoms with Gasteiger partial charge in [0.15, 0.2) is 0 Å². The highest BCUT2D eigenvalue weighted by atomic mass is 19.1. The Labute approximate surface area is 87.3 Å². The number of halogens is 2. The van der Waals surface area contributed by atoms with Crippen molar-refractivity contribution in [3.8, 4) is 6.07 Å². The fraction of sp³-hybridized carbons (Fsp3) is 0.417. The van der Waals surface area contributed by atoms with E-state index >= 15 is 0 Å². The molecule has 0 N–H and O–H groups in total. The first kappa shape index (κ1) is 10.1. The van der Waals surface area contributed by atoms with Crippen LogP contribution in [-0.2, 0) is 0 Å². The van der Waals surface area contributed by atoms with E-state index in [0.717, 1.165) is 37.8 Å². The molecule has 1 fully saturated rings. The molecule has 0 aromatic heterocycles. The lowest BCUT2D eigenvalue weighted by molar-refractivity contribution is 0.524. The van der Waals surface area contributed by atoms with E-state index in [0.29, 0.717) is 0 Å². The molecule has 0 saturated heterocycles. The molecule has 1 aliphatic rings. The minimum absolute atomic E-state index is 0.00209. The Hall–Kier alpha value is -1.43. The molecule has 0 aliphatic heterocycles. The lowest BCUT2D eigenvalue weighted by atomic mass is 9.95. The smallest absolute Gasteiger partial charge is 0.130 e. The number of rotatable bonds is 1. The summed E-state index contributed by atoms with van der Waals surface area (Å²) in [4.78, 5) is 0. The van der Waals surface area contributed by atoms with Crippen LogP contribution in [0.5, 0.6) is 0 Å². The van der Waals surface area contributed by atoms with Crippen LogP contribution in [0.25, 0.3) is 0 Å². The van der Waals surface area contributed by atoms with Crippen molar-refractivity contribution in [3.05, 3.63) is 34.9 Å². The molecule has 0 radical (unpaired) electrons. The first-order chi connectivity index (χ1) is 7.22. The van der Waals surface area contributed by atoms with Crippen LogP contribution in [0, 0.1) is 23.0 Å². The monoisotopic (exact) mass is 207 g/mol. The van der Waals surface area contributed by atoms with Gasteiger partial charge in [-0.3, -0.25) is 0 Å². The van der Waals surface area contributed by atoms with E-state index in [-0.39, 0.29) is 17.0 Å². The molecular weight excluding hydrogens is 196 g/mol. The highest BCUT2D eigenvalue weighted by Gasteiger charge is 2.24. The fourth-order valence-corrected chi connectivity index (χ4v) is 2.25. The molecule has 1 nitrogen and oxygen atoms in total. The Morgan fingerprint density at radius 2 is 1.67 bits per heavy atom. The summed E-state index contributed by atoms with van der Waals surface area (Å²) in [6.07, 6.45) is 3.76. The second-order valence-corrected chi connectivity index (χ2v) is 3.95. The summed E-state index contributed by atoms with van der Waals surface area (Å²) >= 11 is 0. The fourth-order valence-electron chi connectivity index (χ4n) is 2.25. The van der Waals surface area contributed by atoms with Gasteiger partial charge in [-0.1, -0.05) is 12.8 Å². The molecule has 15 heavy (non-hydrogen) atoms. The molecule has 1 aliphatic carbocycles. The summed E-state index contributed by atoms with van der Waals surface area (Å²) in [5.41, 5.74) is 0.221. The molecule has 0 spiro atoms. The van der Waals surface area contributed by atoms with Crippen LogP contribution < -0.4 is 0 Å². The standard InChI is InChI=1S/C12H11F2N/c13-10-5-8(7-15)6-11(14)12(10)9-3-1-2-4-9/h5-6,9H,1-4H2. The summed E-state index contributed by atoms with van der Waals surface area (Å²) < 4.78 is 27.1. The first-order valence-corrected chi connectivity index (χ1v) is 5.11. The average molecular weight is 207 g/mol. The van der Waals surface area contributed by atoms with Crippen molar-refractivity contribution < 1.29 is 8.78 Å². The highest BCUT2D eigenvalue weighted by Crippen LogP contribution is 2.36. The molecule has 0 heterocycles. The Morgan fingerprint density at radius 3 is 2.13 bits per heavy atom. The third-order valence-corrected chi connectivity index (χ3v) is 2.97. The van der Waals surface area contributed by atoms with Crippen LogP contribution in [0.2, 0.25) is 0 Å². The molecule has 1 aromatic carbocycles. The van der Waals surface area contributed by atoms with Gasteiger partial charge in [0, 0.05) is 5.56 Å². The predicted molar refractivity (Wildman–Crippen MR) is 52.3 cm³/mol. The SMILES string of the molecule is N#Cc1cc(F)c(C2CCCC2)c(F)c1. The van der Waals surface area contributed by atoms with Gasteiger partial charge in [0.25, 0.3) is 0 Å². The molecule has 0 unspecified atom stereocenters. The van der Waals surface area contributed by atoms with Crippen molar-refractivity contribution in [1.29, 1.82) is 5.26 Å². The summed E-state index contributed by atoms with van der Waals surface area (Å²) in [7, 11) is 0. The van der Waals surface area contributed by atoms with Crippen molar-refractivity contribution in [1.82, 2.24) is 0 Å². The average Bonchev–Trinajstić information content (AvgIpc) is 2.69. The van der Waals surface area contributed by atoms with E-state index in [1.165, 1.54) is 0 Å². The van der Waals surface area contributed by atoms with Crippen LogP contribution in [0.1, 0.15) is 42.7 Å². The number of benzene rings is 1. The Morgan fingerprint density at radius 1 is 1.13 bits per heavy atom. The van der Waals surface area contributed by atoms with Crippen molar-refractivity contribution in [2.24, 2.45) is 0 Å². The van der Waals surface area contributed by atoms with Gasteiger partial charge < -0.3 is 0 Å². The van der Waals surface area contributed by atoms with Crippen LogP contribution in [0.3, 0.4) is 0 Å². The Kier molecular flexibility index (Phi) is 2.68. The summed E-state index contributed by atoms with van der Waals surface area (Å²) in [5.74, 6) is -1.14. The van der Waals surface area contributed by atoms with E-state index in [9.17, 15) is 8.78 Å². The lowest BCUT2D eigenvalue weighted by Crippen LogP contribution is -2.01. The van der Waals surface area contributed by atoms with Crippen molar-refractivity contribution in [3.63, 3.8) is 0 Å². The Bertz CT molecular complexity index is 391. The largest absolute Gasteiger partial charge is 0.207 e. The molecular formula is C12H11F2N. The van der Waals surface area contributed by atoms with Gasteiger partial charge >= 0.3 is 0 Å². The van der Waals surface area contributed by atoms with Crippen molar-refractivity contribution in [2.75, 3.05) is 0 Å². The first-order valence-electron chi connectivity index (χ1n) is 5.11. The van der Waals surface area contributed by atoms with Crippen molar-refractivity contribution in [2.45, 2.75) is 31.6 Å². The zero-order valence-electron chi connectivity index (χ0n) is 8.26. The molecule has 1 saturated carbocycles. The van der Waals surface area contributed by atoms with Gasteiger partial charge in [-0.05, 0) is 30.9 Å². The van der Waals surface area contributed by atoms with Crippen LogP contribution in [-0.4, -0.2) is 0 Å². The second-order valence-electron chi connectivity index (χ2n) is 3.95. The van der Waals surface area contributed by atoms with E-state index in [4.69, 9.17) is 5.26 Å². The zero-order chi connectivity index (χ0) is 10.8. The number of hydrogen-bond acceptors (Lipinski definition) is 1. The predicted octanol–water partition coefficient (Wildman–Crippen LogP) is 3.49. The number of nitrogens with zero attached hydrogens (tertiary/aromatic N) is 1. The minimum atomic E-state index is -0.571. The van der Waals surface area contributed by atoms with Gasteiger partial charge in [0.05, 0.1) is 11.6 Å². The third-order valence-electron chi connectivity index (χ3n) is 2.97. The quantitative estimate of drug-likeness (QED) is 0.691. The van der Waals surface area contributed by atoms with Gasteiger partial charge in [-0.25, -0.2) is 8.78 Å². The highest BCUT2D eigenvalue weighted by molar-refractivity contribution is 5.36. The maximum absolute atomic E-state index is 13.6. The van der Waals surface area contributed by atoms with Crippen LogP contribution in [0.15, 0.2) is 12.1 Å². The zero-order valence-corrected chi connectivity index (χ0v) is 8.26. The molecule has 2 rings (SSSR count). The van der Waals surface area contributed by atoms with Crippen LogP contribution in [0.4, 0.5) is 8.78 Å². The van der Waals surface area contributed by atoms with E-state index < -0.39 is 11.6 Å². The topological polar surface area (TPSA) is 23.8 Å². The van der Waals surface area contributed by atoms with Gasteiger partial charge in [-0.15, -0.1) is 0 Å². The van der Waals surface area contributed by atoms with E-state index in [2.05, 4.69) is 0 Å². The maximum Gasteiger partial charge on any atom is 0.130 e. The molecule has 78 valence electrons. The van der Waals surface area contributed by atoms with E-state index in [1.54, 1.807) is 6.07 Å². The summed E-state index contributed by atoms with van der Waals surface area (Å²) in [6, 6.07) is 3.99. The molecule has 1 aromatic rings. The van der Waals surface area contributed by atoms with E-state index in [1.807, 2.05) is 0 Å².